The molecule has 0 radical (unpaired) electrons. The summed E-state index contributed by atoms with van der Waals surface area (Å²) in [6.07, 6.45) is 6.36. The van der Waals surface area contributed by atoms with E-state index in [0.29, 0.717) is 6.04 Å². The van der Waals surface area contributed by atoms with Gasteiger partial charge in [0.25, 0.3) is 0 Å². The minimum absolute atomic E-state index is 0.613. The number of hydrogen-bond acceptors (Lipinski definition) is 4. The molecule has 0 aromatic carbocycles. The summed E-state index contributed by atoms with van der Waals surface area (Å²) in [4.78, 5) is 6.58. The quantitative estimate of drug-likeness (QED) is 0.742. The van der Waals surface area contributed by atoms with Gasteiger partial charge in [-0.2, -0.15) is 5.10 Å². The summed E-state index contributed by atoms with van der Waals surface area (Å²) < 4.78 is 0. The van der Waals surface area contributed by atoms with Gasteiger partial charge in [0.15, 0.2) is 0 Å². The van der Waals surface area contributed by atoms with Crippen LogP contribution in [0.3, 0.4) is 0 Å². The standard InChI is InChI=1S/C13H25N5/c1-11(12-5-4-8-18(2)9-12)14-7-3-6-13-15-10-16-17-13/h10-12,14H,3-9H2,1-2H3,(H,15,16,17). The fraction of sp³-hybridized carbons (Fsp3) is 0.846. The van der Waals surface area contributed by atoms with Crippen LogP contribution in [-0.2, 0) is 6.42 Å². The van der Waals surface area contributed by atoms with E-state index in [0.717, 1.165) is 31.1 Å². The van der Waals surface area contributed by atoms with Crippen molar-refractivity contribution in [1.82, 2.24) is 25.4 Å². The topological polar surface area (TPSA) is 56.8 Å². The lowest BCUT2D eigenvalue weighted by Gasteiger charge is -2.34. The minimum Gasteiger partial charge on any atom is -0.314 e. The molecule has 1 aromatic heterocycles. The first-order valence-corrected chi connectivity index (χ1v) is 7.02. The van der Waals surface area contributed by atoms with Crippen LogP contribution in [0.2, 0.25) is 0 Å². The minimum atomic E-state index is 0.613. The van der Waals surface area contributed by atoms with Crippen LogP contribution in [0.4, 0.5) is 0 Å². The average molecular weight is 251 g/mol. The Morgan fingerprint density at radius 1 is 1.61 bits per heavy atom. The third-order valence-corrected chi connectivity index (χ3v) is 3.89. The van der Waals surface area contributed by atoms with Crippen LogP contribution in [0.1, 0.15) is 32.0 Å². The van der Waals surface area contributed by atoms with Gasteiger partial charge in [-0.1, -0.05) is 0 Å². The summed E-state index contributed by atoms with van der Waals surface area (Å²) in [5, 5.41) is 10.4. The second-order valence-electron chi connectivity index (χ2n) is 5.44. The maximum atomic E-state index is 4.13. The summed E-state index contributed by atoms with van der Waals surface area (Å²) >= 11 is 0. The first-order chi connectivity index (χ1) is 8.75. The zero-order chi connectivity index (χ0) is 12.8. The van der Waals surface area contributed by atoms with Crippen molar-refractivity contribution < 1.29 is 0 Å². The summed E-state index contributed by atoms with van der Waals surface area (Å²) in [6.45, 7) is 5.87. The molecule has 0 aliphatic carbocycles. The highest BCUT2D eigenvalue weighted by molar-refractivity contribution is 4.82. The summed E-state index contributed by atoms with van der Waals surface area (Å²) in [5.41, 5.74) is 0. The zero-order valence-corrected chi connectivity index (χ0v) is 11.5. The van der Waals surface area contributed by atoms with Gasteiger partial charge in [-0.3, -0.25) is 5.10 Å². The molecule has 1 aliphatic heterocycles. The van der Waals surface area contributed by atoms with E-state index < -0.39 is 0 Å². The maximum absolute atomic E-state index is 4.13. The lowest BCUT2D eigenvalue weighted by molar-refractivity contribution is 0.179. The van der Waals surface area contributed by atoms with Crippen LogP contribution in [-0.4, -0.2) is 52.8 Å². The second-order valence-corrected chi connectivity index (χ2v) is 5.44. The molecule has 1 aliphatic rings. The monoisotopic (exact) mass is 251 g/mol. The Balaban J connectivity index is 1.60. The third-order valence-electron chi connectivity index (χ3n) is 3.89. The Hall–Kier alpha value is -0.940. The number of hydrogen-bond donors (Lipinski definition) is 2. The van der Waals surface area contributed by atoms with Gasteiger partial charge in [0, 0.05) is 19.0 Å². The highest BCUT2D eigenvalue weighted by Gasteiger charge is 2.21. The molecule has 0 spiro atoms. The number of H-pyrrole nitrogens is 1. The van der Waals surface area contributed by atoms with Crippen LogP contribution >= 0.6 is 0 Å². The fourth-order valence-corrected chi connectivity index (χ4v) is 2.72. The SMILES string of the molecule is CC(NCCCc1ncn[nH]1)C1CCCN(C)C1. The molecule has 2 rings (SSSR count). The molecular weight excluding hydrogens is 226 g/mol. The van der Waals surface area contributed by atoms with Gasteiger partial charge in [0.05, 0.1) is 0 Å². The van der Waals surface area contributed by atoms with E-state index in [9.17, 15) is 0 Å². The predicted molar refractivity (Wildman–Crippen MR) is 72.4 cm³/mol. The molecule has 102 valence electrons. The lowest BCUT2D eigenvalue weighted by Crippen LogP contribution is -2.43. The Kier molecular flexibility index (Phi) is 5.13. The molecular formula is C13H25N5. The molecule has 1 fully saturated rings. The van der Waals surface area contributed by atoms with E-state index in [-0.39, 0.29) is 0 Å². The second kappa shape index (κ2) is 6.85. The number of aryl methyl sites for hydroxylation is 1. The van der Waals surface area contributed by atoms with Gasteiger partial charge in [0.1, 0.15) is 12.2 Å². The number of rotatable bonds is 6. The molecule has 2 N–H and O–H groups in total. The smallest absolute Gasteiger partial charge is 0.137 e. The van der Waals surface area contributed by atoms with Crippen molar-refractivity contribution in [2.45, 2.75) is 38.6 Å². The van der Waals surface area contributed by atoms with E-state index in [2.05, 4.69) is 39.4 Å². The molecule has 18 heavy (non-hydrogen) atoms. The molecule has 0 amide bonds. The highest BCUT2D eigenvalue weighted by atomic mass is 15.2. The van der Waals surface area contributed by atoms with Crippen molar-refractivity contribution in [3.05, 3.63) is 12.2 Å². The normalized spacial score (nSPS) is 23.1. The van der Waals surface area contributed by atoms with E-state index >= 15 is 0 Å². The van der Waals surface area contributed by atoms with Gasteiger partial charge < -0.3 is 10.2 Å². The summed E-state index contributed by atoms with van der Waals surface area (Å²) in [6, 6.07) is 0.613. The largest absolute Gasteiger partial charge is 0.314 e. The van der Waals surface area contributed by atoms with Crippen molar-refractivity contribution in [3.8, 4) is 0 Å². The van der Waals surface area contributed by atoms with Crippen molar-refractivity contribution >= 4 is 0 Å². The molecule has 2 atom stereocenters. The molecule has 2 heterocycles. The van der Waals surface area contributed by atoms with E-state index in [4.69, 9.17) is 0 Å². The van der Waals surface area contributed by atoms with Crippen molar-refractivity contribution in [2.75, 3.05) is 26.7 Å². The first-order valence-electron chi connectivity index (χ1n) is 7.02. The maximum Gasteiger partial charge on any atom is 0.137 e. The summed E-state index contributed by atoms with van der Waals surface area (Å²) in [5.74, 6) is 1.79. The van der Waals surface area contributed by atoms with Crippen LogP contribution in [0.15, 0.2) is 6.33 Å². The Morgan fingerprint density at radius 2 is 2.50 bits per heavy atom. The Labute approximate surface area is 109 Å². The fourth-order valence-electron chi connectivity index (χ4n) is 2.72. The summed E-state index contributed by atoms with van der Waals surface area (Å²) in [7, 11) is 2.22. The predicted octanol–water partition coefficient (Wildman–Crippen LogP) is 1.06. The van der Waals surface area contributed by atoms with E-state index in [1.165, 1.54) is 25.9 Å². The lowest BCUT2D eigenvalue weighted by atomic mass is 9.92. The van der Waals surface area contributed by atoms with E-state index in [1.807, 2.05) is 0 Å². The molecule has 1 aromatic rings. The Morgan fingerprint density at radius 3 is 3.22 bits per heavy atom. The number of piperidine rings is 1. The number of aromatic amines is 1. The number of nitrogens with zero attached hydrogens (tertiary/aromatic N) is 3. The van der Waals surface area contributed by atoms with Crippen molar-refractivity contribution in [3.63, 3.8) is 0 Å². The van der Waals surface area contributed by atoms with Gasteiger partial charge in [-0.05, 0) is 52.2 Å². The first kappa shape index (κ1) is 13.5. The van der Waals surface area contributed by atoms with Crippen LogP contribution in [0.5, 0.6) is 0 Å². The molecule has 0 saturated carbocycles. The highest BCUT2D eigenvalue weighted by Crippen LogP contribution is 2.18. The third kappa shape index (κ3) is 4.07. The zero-order valence-electron chi connectivity index (χ0n) is 11.5. The van der Waals surface area contributed by atoms with E-state index in [1.54, 1.807) is 6.33 Å². The van der Waals surface area contributed by atoms with Crippen LogP contribution in [0, 0.1) is 5.92 Å². The van der Waals surface area contributed by atoms with Crippen LogP contribution < -0.4 is 5.32 Å². The molecule has 0 bridgehead atoms. The van der Waals surface area contributed by atoms with Crippen molar-refractivity contribution in [2.24, 2.45) is 5.92 Å². The molecule has 2 unspecified atom stereocenters. The molecule has 5 heteroatoms. The van der Waals surface area contributed by atoms with Crippen LogP contribution in [0.25, 0.3) is 0 Å². The van der Waals surface area contributed by atoms with Gasteiger partial charge >= 0.3 is 0 Å². The Bertz CT molecular complexity index is 324. The molecule has 1 saturated heterocycles. The van der Waals surface area contributed by atoms with Gasteiger partial charge in [0.2, 0.25) is 0 Å². The van der Waals surface area contributed by atoms with Gasteiger partial charge in [-0.25, -0.2) is 4.98 Å². The van der Waals surface area contributed by atoms with Crippen molar-refractivity contribution in [1.29, 1.82) is 0 Å². The van der Waals surface area contributed by atoms with Gasteiger partial charge in [-0.15, -0.1) is 0 Å². The number of likely N-dealkylation sites (tertiary alicyclic amines) is 1. The number of nitrogens with one attached hydrogen (secondary N) is 2. The average Bonchev–Trinajstić information content (AvgIpc) is 2.87. The molecule has 5 nitrogen and oxygen atoms in total. The number of aromatic nitrogens is 3.